The summed E-state index contributed by atoms with van der Waals surface area (Å²) in [4.78, 5) is 21.3. The lowest BCUT2D eigenvalue weighted by Crippen LogP contribution is -2.32. The number of rotatable bonds is 6. The fraction of sp³-hybridized carbons (Fsp3) is 0.154. The first-order valence-corrected chi connectivity index (χ1v) is 10.3. The number of carboxylic acid groups (broad SMARTS) is 2. The van der Waals surface area contributed by atoms with Crippen LogP contribution in [0.3, 0.4) is 0 Å². The number of carbonyl (C=O) groups is 2. The highest BCUT2D eigenvalue weighted by Crippen LogP contribution is 2.19. The van der Waals surface area contributed by atoms with Gasteiger partial charge < -0.3 is 21.3 Å². The maximum Gasteiger partial charge on any atom is 0.325 e. The van der Waals surface area contributed by atoms with E-state index in [1.807, 2.05) is 84.9 Å². The first-order chi connectivity index (χ1) is 15.3. The highest BCUT2D eigenvalue weighted by Gasteiger charge is 2.12. The molecule has 32 heavy (non-hydrogen) atoms. The standard InChI is InChI=1S/2C13H13NO2/c1-9(13(15)16)14-12-7-6-10-4-2-3-5-11(10)8-12;14-12(13(15)16)8-9-5-6-10-3-1-2-4-11(10)7-9/h2-9,14H,1H3,(H,15,16);1-7,12H,8,14H2,(H,15,16). The molecule has 4 aromatic rings. The monoisotopic (exact) mass is 430 g/mol. The maximum atomic E-state index is 10.7. The minimum Gasteiger partial charge on any atom is -0.480 e. The molecule has 5 N–H and O–H groups in total. The van der Waals surface area contributed by atoms with Gasteiger partial charge in [-0.3, -0.25) is 9.59 Å². The van der Waals surface area contributed by atoms with Crippen molar-refractivity contribution >= 4 is 39.2 Å². The Balaban J connectivity index is 0.000000181. The van der Waals surface area contributed by atoms with Crippen molar-refractivity contribution < 1.29 is 19.8 Å². The summed E-state index contributed by atoms with van der Waals surface area (Å²) in [5, 5.41) is 25.0. The van der Waals surface area contributed by atoms with Crippen molar-refractivity contribution in [3.63, 3.8) is 0 Å². The number of aliphatic carboxylic acids is 2. The van der Waals surface area contributed by atoms with Gasteiger partial charge in [0.15, 0.2) is 0 Å². The van der Waals surface area contributed by atoms with Crippen molar-refractivity contribution in [2.24, 2.45) is 5.73 Å². The predicted octanol–water partition coefficient (Wildman–Crippen LogP) is 4.52. The fourth-order valence-corrected chi connectivity index (χ4v) is 3.30. The van der Waals surface area contributed by atoms with E-state index in [0.29, 0.717) is 6.42 Å². The van der Waals surface area contributed by atoms with Crippen LogP contribution in [-0.4, -0.2) is 34.2 Å². The Morgan fingerprint density at radius 1 is 0.781 bits per heavy atom. The second-order valence-electron chi connectivity index (χ2n) is 7.60. The van der Waals surface area contributed by atoms with Crippen LogP contribution in [0, 0.1) is 0 Å². The lowest BCUT2D eigenvalue weighted by atomic mass is 10.0. The van der Waals surface area contributed by atoms with Crippen molar-refractivity contribution in [3.05, 3.63) is 90.5 Å². The van der Waals surface area contributed by atoms with Crippen molar-refractivity contribution in [3.8, 4) is 0 Å². The van der Waals surface area contributed by atoms with Crippen LogP contribution in [0.15, 0.2) is 84.9 Å². The first-order valence-electron chi connectivity index (χ1n) is 10.3. The molecule has 6 heteroatoms. The third kappa shape index (κ3) is 6.06. The van der Waals surface area contributed by atoms with E-state index >= 15 is 0 Å². The van der Waals surface area contributed by atoms with Crippen molar-refractivity contribution in [1.29, 1.82) is 0 Å². The zero-order valence-corrected chi connectivity index (χ0v) is 17.7. The minimum atomic E-state index is -0.965. The molecule has 6 nitrogen and oxygen atoms in total. The molecule has 0 bridgehead atoms. The molecule has 0 radical (unpaired) electrons. The van der Waals surface area contributed by atoms with Crippen LogP contribution in [0.5, 0.6) is 0 Å². The van der Waals surface area contributed by atoms with E-state index in [9.17, 15) is 9.59 Å². The van der Waals surface area contributed by atoms with Gasteiger partial charge in [-0.25, -0.2) is 0 Å². The van der Waals surface area contributed by atoms with Gasteiger partial charge in [-0.15, -0.1) is 0 Å². The van der Waals surface area contributed by atoms with Gasteiger partial charge in [-0.05, 0) is 52.6 Å². The highest BCUT2D eigenvalue weighted by atomic mass is 16.4. The molecule has 0 aliphatic rings. The van der Waals surface area contributed by atoms with Gasteiger partial charge in [0.05, 0.1) is 0 Å². The summed E-state index contributed by atoms with van der Waals surface area (Å²) in [7, 11) is 0. The molecule has 164 valence electrons. The van der Waals surface area contributed by atoms with Gasteiger partial charge in [-0.1, -0.05) is 72.8 Å². The first kappa shape index (κ1) is 22.8. The molecule has 0 fully saturated rings. The van der Waals surface area contributed by atoms with Gasteiger partial charge in [-0.2, -0.15) is 0 Å². The third-order valence-electron chi connectivity index (χ3n) is 5.09. The van der Waals surface area contributed by atoms with Crippen LogP contribution in [-0.2, 0) is 16.0 Å². The highest BCUT2D eigenvalue weighted by molar-refractivity contribution is 5.87. The summed E-state index contributed by atoms with van der Waals surface area (Å²) in [5.74, 6) is -1.82. The Morgan fingerprint density at radius 2 is 1.31 bits per heavy atom. The molecule has 0 amide bonds. The molecule has 0 heterocycles. The average Bonchev–Trinajstić information content (AvgIpc) is 2.79. The molecular weight excluding hydrogens is 404 g/mol. The van der Waals surface area contributed by atoms with Crippen molar-refractivity contribution in [2.75, 3.05) is 5.32 Å². The molecule has 2 atom stereocenters. The normalized spacial score (nSPS) is 12.4. The summed E-state index contributed by atoms with van der Waals surface area (Å²) < 4.78 is 0. The van der Waals surface area contributed by atoms with Crippen LogP contribution in [0.2, 0.25) is 0 Å². The Labute approximate surface area is 186 Å². The van der Waals surface area contributed by atoms with Crippen LogP contribution in [0.25, 0.3) is 21.5 Å². The van der Waals surface area contributed by atoms with E-state index in [4.69, 9.17) is 15.9 Å². The third-order valence-corrected chi connectivity index (χ3v) is 5.09. The van der Waals surface area contributed by atoms with Gasteiger partial charge in [0.25, 0.3) is 0 Å². The van der Waals surface area contributed by atoms with Gasteiger partial charge in [0.2, 0.25) is 0 Å². The lowest BCUT2D eigenvalue weighted by molar-refractivity contribution is -0.139. The molecule has 0 aromatic heterocycles. The largest absolute Gasteiger partial charge is 0.480 e. The zero-order chi connectivity index (χ0) is 23.1. The average molecular weight is 431 g/mol. The zero-order valence-electron chi connectivity index (χ0n) is 17.7. The second-order valence-corrected chi connectivity index (χ2v) is 7.60. The summed E-state index contributed by atoms with van der Waals surface area (Å²) in [6.45, 7) is 1.62. The predicted molar refractivity (Wildman–Crippen MR) is 128 cm³/mol. The number of nitrogens with one attached hydrogen (secondary N) is 1. The smallest absolute Gasteiger partial charge is 0.325 e. The molecule has 4 aromatic carbocycles. The van der Waals surface area contributed by atoms with Gasteiger partial charge in [0, 0.05) is 5.69 Å². The van der Waals surface area contributed by atoms with Crippen LogP contribution < -0.4 is 11.1 Å². The maximum absolute atomic E-state index is 10.7. The molecule has 4 rings (SSSR count). The van der Waals surface area contributed by atoms with E-state index in [1.54, 1.807) is 6.92 Å². The molecule has 2 unspecified atom stereocenters. The number of hydrogen-bond acceptors (Lipinski definition) is 4. The summed E-state index contributed by atoms with van der Waals surface area (Å²) >= 11 is 0. The summed E-state index contributed by atoms with van der Waals surface area (Å²) in [6, 6.07) is 26.2. The number of nitrogens with two attached hydrogens (primary N) is 1. The second kappa shape index (κ2) is 10.4. The fourth-order valence-electron chi connectivity index (χ4n) is 3.30. The Kier molecular flexibility index (Phi) is 7.41. The van der Waals surface area contributed by atoms with Crippen LogP contribution in [0.1, 0.15) is 12.5 Å². The van der Waals surface area contributed by atoms with Crippen molar-refractivity contribution in [1.82, 2.24) is 0 Å². The summed E-state index contributed by atoms with van der Waals surface area (Å²) in [6.07, 6.45) is 0.361. The number of fused-ring (bicyclic) bond motifs is 2. The molecule has 0 aliphatic heterocycles. The topological polar surface area (TPSA) is 113 Å². The quantitative estimate of drug-likeness (QED) is 0.358. The summed E-state index contributed by atoms with van der Waals surface area (Å²) in [5.41, 5.74) is 7.27. The number of hydrogen-bond donors (Lipinski definition) is 4. The van der Waals surface area contributed by atoms with Crippen LogP contribution >= 0.6 is 0 Å². The SMILES string of the molecule is CC(Nc1ccc2ccccc2c1)C(=O)O.NC(Cc1ccc2ccccc2c1)C(=O)O. The molecule has 0 saturated heterocycles. The van der Waals surface area contributed by atoms with E-state index in [2.05, 4.69) is 5.32 Å². The molecule has 0 spiro atoms. The van der Waals surface area contributed by atoms with Crippen molar-refractivity contribution in [2.45, 2.75) is 25.4 Å². The van der Waals surface area contributed by atoms with Gasteiger partial charge in [0.1, 0.15) is 12.1 Å². The van der Waals surface area contributed by atoms with E-state index < -0.39 is 24.0 Å². The Hall–Kier alpha value is -3.90. The molecule has 0 aliphatic carbocycles. The number of benzene rings is 4. The van der Waals surface area contributed by atoms with E-state index in [1.165, 1.54) is 0 Å². The van der Waals surface area contributed by atoms with E-state index in [0.717, 1.165) is 32.8 Å². The number of carboxylic acids is 2. The van der Waals surface area contributed by atoms with Gasteiger partial charge >= 0.3 is 11.9 Å². The minimum absolute atomic E-state index is 0.361. The molecule has 0 saturated carbocycles. The Bertz CT molecular complexity index is 1140. The van der Waals surface area contributed by atoms with Crippen LogP contribution in [0.4, 0.5) is 5.69 Å². The Morgan fingerprint density at radius 3 is 1.88 bits per heavy atom. The number of anilines is 1. The lowest BCUT2D eigenvalue weighted by Gasteiger charge is -2.11. The molecular formula is C26H26N2O4. The van der Waals surface area contributed by atoms with E-state index in [-0.39, 0.29) is 0 Å².